The number of pyridine rings is 1. The molecule has 0 saturated carbocycles. The number of esters is 2. The number of carbonyl (C=O) groups is 4. The quantitative estimate of drug-likeness (QED) is 0.191. The molecule has 0 saturated heterocycles. The average molecular weight is 545 g/mol. The summed E-state index contributed by atoms with van der Waals surface area (Å²) < 4.78 is 26.4. The van der Waals surface area contributed by atoms with E-state index in [1.165, 1.54) is 26.5 Å². The highest BCUT2D eigenvalue weighted by molar-refractivity contribution is 5.98. The fourth-order valence-corrected chi connectivity index (χ4v) is 3.63. The Bertz CT molecular complexity index is 1090. The summed E-state index contributed by atoms with van der Waals surface area (Å²) >= 11 is 0. The molecule has 0 fully saturated rings. The van der Waals surface area contributed by atoms with Crippen molar-refractivity contribution in [2.24, 2.45) is 11.8 Å². The number of amides is 1. The number of aromatic nitrogens is 1. The molecular weight excluding hydrogens is 508 g/mol. The van der Waals surface area contributed by atoms with Gasteiger partial charge in [0.05, 0.1) is 25.7 Å². The van der Waals surface area contributed by atoms with Gasteiger partial charge in [0.1, 0.15) is 6.29 Å². The summed E-state index contributed by atoms with van der Waals surface area (Å²) in [5.74, 6) is -2.60. The van der Waals surface area contributed by atoms with E-state index >= 15 is 0 Å². The van der Waals surface area contributed by atoms with Crippen LogP contribution >= 0.6 is 0 Å². The number of nitrogens with one attached hydrogen (secondary N) is 1. The molecule has 2 aromatic rings. The van der Waals surface area contributed by atoms with Crippen molar-refractivity contribution >= 4 is 24.1 Å². The van der Waals surface area contributed by atoms with Gasteiger partial charge in [-0.2, -0.15) is 0 Å². The number of benzene rings is 1. The van der Waals surface area contributed by atoms with Gasteiger partial charge in [0.15, 0.2) is 23.2 Å². The summed E-state index contributed by atoms with van der Waals surface area (Å²) in [6, 6.07) is 9.83. The smallest absolute Gasteiger partial charge is 0.331 e. The van der Waals surface area contributed by atoms with Gasteiger partial charge >= 0.3 is 11.9 Å². The van der Waals surface area contributed by atoms with Crippen LogP contribution in [0.15, 0.2) is 42.6 Å². The molecular formula is C28H36N2O9. The highest BCUT2D eigenvalue weighted by Crippen LogP contribution is 2.29. The molecule has 0 spiro atoms. The molecule has 11 nitrogen and oxygen atoms in total. The molecule has 2 unspecified atom stereocenters. The maximum absolute atomic E-state index is 13.1. The molecule has 1 aromatic heterocycles. The van der Waals surface area contributed by atoms with Gasteiger partial charge in [0.25, 0.3) is 5.91 Å². The zero-order valence-electron chi connectivity index (χ0n) is 22.9. The topological polar surface area (TPSA) is 139 Å². The van der Waals surface area contributed by atoms with E-state index in [-0.39, 0.29) is 35.6 Å². The first-order valence-corrected chi connectivity index (χ1v) is 12.5. The molecule has 3 atom stereocenters. The zero-order valence-corrected chi connectivity index (χ0v) is 22.9. The number of hydrogen-bond donors (Lipinski definition) is 1. The summed E-state index contributed by atoms with van der Waals surface area (Å²) in [6.45, 7) is 4.37. The minimum absolute atomic E-state index is 0.0679. The third kappa shape index (κ3) is 10.0. The van der Waals surface area contributed by atoms with Gasteiger partial charge in [0.2, 0.25) is 6.79 Å². The monoisotopic (exact) mass is 544 g/mol. The predicted molar refractivity (Wildman–Crippen MR) is 140 cm³/mol. The minimum Gasteiger partial charge on any atom is -0.493 e. The summed E-state index contributed by atoms with van der Waals surface area (Å²) in [5.41, 5.74) is 0.807. The molecule has 0 aliphatic heterocycles. The van der Waals surface area contributed by atoms with Crippen molar-refractivity contribution in [2.75, 3.05) is 27.6 Å². The van der Waals surface area contributed by atoms with Crippen LogP contribution in [0.3, 0.4) is 0 Å². The van der Waals surface area contributed by atoms with Gasteiger partial charge in [-0.1, -0.05) is 44.2 Å². The molecule has 212 valence electrons. The van der Waals surface area contributed by atoms with E-state index in [0.29, 0.717) is 12.8 Å². The Balaban J connectivity index is 2.07. The molecule has 0 bridgehead atoms. The molecule has 2 rings (SSSR count). The van der Waals surface area contributed by atoms with Gasteiger partial charge in [-0.3, -0.25) is 9.59 Å². The van der Waals surface area contributed by atoms with Crippen molar-refractivity contribution in [3.63, 3.8) is 0 Å². The number of ether oxygens (including phenoxy) is 5. The van der Waals surface area contributed by atoms with Gasteiger partial charge in [-0.25, -0.2) is 9.78 Å². The van der Waals surface area contributed by atoms with Crippen LogP contribution in [-0.4, -0.2) is 68.9 Å². The van der Waals surface area contributed by atoms with Crippen LogP contribution in [-0.2, 0) is 35.0 Å². The number of carbonyl (C=O) groups excluding carboxylic acids is 4. The lowest BCUT2D eigenvalue weighted by Gasteiger charge is -2.22. The summed E-state index contributed by atoms with van der Waals surface area (Å²) in [6.07, 6.45) is 2.40. The van der Waals surface area contributed by atoms with Crippen LogP contribution in [0.5, 0.6) is 11.5 Å². The first-order valence-electron chi connectivity index (χ1n) is 12.5. The lowest BCUT2D eigenvalue weighted by molar-refractivity contribution is -0.154. The molecule has 0 aliphatic rings. The van der Waals surface area contributed by atoms with Gasteiger partial charge < -0.3 is 33.8 Å². The molecule has 11 heteroatoms. The average Bonchev–Trinajstić information content (AvgIpc) is 2.92. The minimum atomic E-state index is -1.17. The molecule has 1 heterocycles. The third-order valence-electron chi connectivity index (χ3n) is 5.59. The van der Waals surface area contributed by atoms with E-state index < -0.39 is 36.8 Å². The second kappa shape index (κ2) is 16.1. The number of rotatable bonds is 16. The van der Waals surface area contributed by atoms with Crippen molar-refractivity contribution in [3.8, 4) is 11.5 Å². The Hall–Kier alpha value is -3.99. The number of methoxy groups -OCH3 is 2. The van der Waals surface area contributed by atoms with Crippen molar-refractivity contribution in [1.29, 1.82) is 0 Å². The van der Waals surface area contributed by atoms with Crippen LogP contribution < -0.4 is 14.8 Å². The maximum Gasteiger partial charge on any atom is 0.331 e. The van der Waals surface area contributed by atoms with Crippen molar-refractivity contribution in [2.45, 2.75) is 45.8 Å². The fourth-order valence-electron chi connectivity index (χ4n) is 3.63. The van der Waals surface area contributed by atoms with Crippen molar-refractivity contribution in [3.05, 3.63) is 53.9 Å². The van der Waals surface area contributed by atoms with Crippen molar-refractivity contribution in [1.82, 2.24) is 10.3 Å². The Morgan fingerprint density at radius 1 is 1.03 bits per heavy atom. The number of aldehydes is 1. The Morgan fingerprint density at radius 3 is 2.36 bits per heavy atom. The Labute approximate surface area is 228 Å². The van der Waals surface area contributed by atoms with Crippen LogP contribution in [0.4, 0.5) is 0 Å². The number of nitrogens with zero attached hydrogens (tertiary/aromatic N) is 1. The first kappa shape index (κ1) is 31.2. The molecule has 1 aromatic carbocycles. The normalized spacial score (nSPS) is 13.1. The highest BCUT2D eigenvalue weighted by Gasteiger charge is 2.28. The van der Waals surface area contributed by atoms with E-state index in [9.17, 15) is 19.2 Å². The molecule has 39 heavy (non-hydrogen) atoms. The summed E-state index contributed by atoms with van der Waals surface area (Å²) in [5, 5.41) is 2.54. The largest absolute Gasteiger partial charge is 0.493 e. The number of hydrogen-bond acceptors (Lipinski definition) is 10. The van der Waals surface area contributed by atoms with Crippen LogP contribution in [0, 0.1) is 11.8 Å². The second-order valence-electron chi connectivity index (χ2n) is 9.12. The lowest BCUT2D eigenvalue weighted by atomic mass is 9.95. The van der Waals surface area contributed by atoms with E-state index in [1.54, 1.807) is 20.8 Å². The lowest BCUT2D eigenvalue weighted by Crippen LogP contribution is -2.46. The molecule has 0 radical (unpaired) electrons. The first-order chi connectivity index (χ1) is 18.7. The van der Waals surface area contributed by atoms with Gasteiger partial charge in [0, 0.05) is 25.3 Å². The standard InChI is InChI=1S/C28H36N2O9/c1-18(2)27(33)38-17-37-25-23(36-5)11-12-29-24(25)26(32)30-22(16-35-4)28(34)39-19(3)13-21(15-31)14-20-9-7-6-8-10-20/h6-12,15,18-19,21-22H,13-14,16-17H2,1-5H3,(H,30,32)/t19?,21?,22-/m0/s1. The van der Waals surface area contributed by atoms with E-state index in [4.69, 9.17) is 23.7 Å². The molecule has 1 amide bonds. The summed E-state index contributed by atoms with van der Waals surface area (Å²) in [4.78, 5) is 53.5. The SMILES string of the molecule is COC[C@H](NC(=O)c1nccc(OC)c1OCOC(=O)C(C)C)C(=O)OC(C)CC(C=O)Cc1ccccc1. The van der Waals surface area contributed by atoms with Gasteiger partial charge in [-0.15, -0.1) is 0 Å². The zero-order chi connectivity index (χ0) is 28.8. The van der Waals surface area contributed by atoms with E-state index in [0.717, 1.165) is 11.8 Å². The van der Waals surface area contributed by atoms with E-state index in [1.807, 2.05) is 30.3 Å². The maximum atomic E-state index is 13.1. The van der Waals surface area contributed by atoms with Gasteiger partial charge in [-0.05, 0) is 25.3 Å². The molecule has 0 aliphatic carbocycles. The van der Waals surface area contributed by atoms with Crippen LogP contribution in [0.2, 0.25) is 0 Å². The second-order valence-corrected chi connectivity index (χ2v) is 9.12. The predicted octanol–water partition coefficient (Wildman–Crippen LogP) is 2.75. The fraction of sp³-hybridized carbons (Fsp3) is 0.464. The summed E-state index contributed by atoms with van der Waals surface area (Å²) in [7, 11) is 2.75. The Morgan fingerprint density at radius 2 is 1.74 bits per heavy atom. The van der Waals surface area contributed by atoms with E-state index in [2.05, 4.69) is 10.3 Å². The highest BCUT2D eigenvalue weighted by atomic mass is 16.7. The molecule has 1 N–H and O–H groups in total. The van der Waals surface area contributed by atoms with Crippen LogP contribution in [0.25, 0.3) is 0 Å². The van der Waals surface area contributed by atoms with Crippen LogP contribution in [0.1, 0.15) is 43.2 Å². The van der Waals surface area contributed by atoms with Crippen molar-refractivity contribution < 1.29 is 42.9 Å². The third-order valence-corrected chi connectivity index (χ3v) is 5.59. The Kier molecular flexibility index (Phi) is 12.9.